The Labute approximate surface area is 135 Å². The largest absolute Gasteiger partial charge is 0.335 e. The van der Waals surface area contributed by atoms with E-state index >= 15 is 0 Å². The Morgan fingerprint density at radius 3 is 2.91 bits per heavy atom. The maximum absolute atomic E-state index is 13.2. The molecule has 1 unspecified atom stereocenters. The van der Waals surface area contributed by atoms with Crippen molar-refractivity contribution in [3.05, 3.63) is 35.6 Å². The van der Waals surface area contributed by atoms with Gasteiger partial charge >= 0.3 is 0 Å². The number of benzene rings is 1. The van der Waals surface area contributed by atoms with Crippen molar-refractivity contribution in [1.29, 1.82) is 0 Å². The number of hydrogen-bond donors (Lipinski definition) is 1. The topological polar surface area (TPSA) is 52.7 Å². The molecule has 3 rings (SSSR count). The van der Waals surface area contributed by atoms with Crippen LogP contribution in [0.1, 0.15) is 18.4 Å². The average molecular weight is 319 g/mol. The van der Waals surface area contributed by atoms with Crippen LogP contribution >= 0.6 is 0 Å². The number of nitrogens with one attached hydrogen (secondary N) is 1. The standard InChI is InChI=1S/C17H22FN3O2/c18-15-5-1-3-13(9-15)11-20-7-8-21(12-16(20)22)17(23)14-4-2-6-19-10-14/h1,3,5,9,14,19H,2,4,6-8,10-12H2. The molecule has 0 saturated carbocycles. The molecule has 2 aliphatic heterocycles. The van der Waals surface area contributed by atoms with Crippen LogP contribution in [-0.2, 0) is 16.1 Å². The third-order valence-electron chi connectivity index (χ3n) is 4.54. The van der Waals surface area contributed by atoms with Crippen LogP contribution in [0.25, 0.3) is 0 Å². The normalized spacial score (nSPS) is 22.3. The number of halogens is 1. The van der Waals surface area contributed by atoms with Crippen LogP contribution in [0.5, 0.6) is 0 Å². The van der Waals surface area contributed by atoms with Crippen molar-refractivity contribution < 1.29 is 14.0 Å². The molecule has 5 nitrogen and oxygen atoms in total. The molecular formula is C17H22FN3O2. The summed E-state index contributed by atoms with van der Waals surface area (Å²) in [6.07, 6.45) is 1.90. The lowest BCUT2D eigenvalue weighted by Gasteiger charge is -2.36. The first-order valence-corrected chi connectivity index (χ1v) is 8.15. The second-order valence-electron chi connectivity index (χ2n) is 6.25. The van der Waals surface area contributed by atoms with Crippen LogP contribution in [0.2, 0.25) is 0 Å². The molecule has 1 atom stereocenters. The van der Waals surface area contributed by atoms with Crippen molar-refractivity contribution in [2.24, 2.45) is 5.92 Å². The third-order valence-corrected chi connectivity index (χ3v) is 4.54. The number of carbonyl (C=O) groups excluding carboxylic acids is 2. The molecule has 0 spiro atoms. The fraction of sp³-hybridized carbons (Fsp3) is 0.529. The predicted molar refractivity (Wildman–Crippen MR) is 84.0 cm³/mol. The highest BCUT2D eigenvalue weighted by molar-refractivity contribution is 5.87. The molecule has 6 heteroatoms. The molecule has 2 amide bonds. The molecule has 0 aromatic heterocycles. The second-order valence-corrected chi connectivity index (χ2v) is 6.25. The van der Waals surface area contributed by atoms with E-state index in [9.17, 15) is 14.0 Å². The van der Waals surface area contributed by atoms with E-state index in [1.54, 1.807) is 15.9 Å². The van der Waals surface area contributed by atoms with Gasteiger partial charge in [0.15, 0.2) is 0 Å². The summed E-state index contributed by atoms with van der Waals surface area (Å²) in [5.41, 5.74) is 0.773. The van der Waals surface area contributed by atoms with E-state index in [1.807, 2.05) is 6.07 Å². The maximum atomic E-state index is 13.2. The van der Waals surface area contributed by atoms with E-state index in [4.69, 9.17) is 0 Å². The Morgan fingerprint density at radius 2 is 2.22 bits per heavy atom. The molecule has 124 valence electrons. The van der Waals surface area contributed by atoms with Crippen molar-refractivity contribution in [1.82, 2.24) is 15.1 Å². The summed E-state index contributed by atoms with van der Waals surface area (Å²) in [4.78, 5) is 28.1. The summed E-state index contributed by atoms with van der Waals surface area (Å²) >= 11 is 0. The van der Waals surface area contributed by atoms with Crippen LogP contribution in [0.3, 0.4) is 0 Å². The molecule has 0 aliphatic carbocycles. The summed E-state index contributed by atoms with van der Waals surface area (Å²) in [7, 11) is 0. The maximum Gasteiger partial charge on any atom is 0.242 e. The first-order valence-electron chi connectivity index (χ1n) is 8.15. The van der Waals surface area contributed by atoms with Gasteiger partial charge in [0.1, 0.15) is 5.82 Å². The molecular weight excluding hydrogens is 297 g/mol. The van der Waals surface area contributed by atoms with Gasteiger partial charge in [0.2, 0.25) is 11.8 Å². The van der Waals surface area contributed by atoms with Crippen molar-refractivity contribution in [3.8, 4) is 0 Å². The molecule has 2 fully saturated rings. The number of nitrogens with zero attached hydrogens (tertiary/aromatic N) is 2. The number of rotatable bonds is 3. The van der Waals surface area contributed by atoms with Crippen LogP contribution < -0.4 is 5.32 Å². The lowest BCUT2D eigenvalue weighted by Crippen LogP contribution is -2.54. The van der Waals surface area contributed by atoms with Gasteiger partial charge in [0.25, 0.3) is 0 Å². The van der Waals surface area contributed by atoms with Gasteiger partial charge in [-0.15, -0.1) is 0 Å². The van der Waals surface area contributed by atoms with Crippen molar-refractivity contribution in [3.63, 3.8) is 0 Å². The molecule has 1 aromatic carbocycles. The predicted octanol–water partition coefficient (Wildman–Crippen LogP) is 0.996. The second kappa shape index (κ2) is 7.08. The summed E-state index contributed by atoms with van der Waals surface area (Å²) in [6.45, 7) is 3.24. The van der Waals surface area contributed by atoms with E-state index in [1.165, 1.54) is 12.1 Å². The van der Waals surface area contributed by atoms with Crippen LogP contribution in [-0.4, -0.2) is 54.3 Å². The van der Waals surface area contributed by atoms with Gasteiger partial charge in [-0.3, -0.25) is 9.59 Å². The zero-order valence-corrected chi connectivity index (χ0v) is 13.1. The van der Waals surface area contributed by atoms with Gasteiger partial charge in [-0.1, -0.05) is 12.1 Å². The van der Waals surface area contributed by atoms with Crippen LogP contribution in [0, 0.1) is 11.7 Å². The van der Waals surface area contributed by atoms with Gasteiger partial charge in [0, 0.05) is 26.2 Å². The Kier molecular flexibility index (Phi) is 4.91. The number of piperidine rings is 1. The number of hydrogen-bond acceptors (Lipinski definition) is 3. The smallest absolute Gasteiger partial charge is 0.242 e. The number of carbonyl (C=O) groups is 2. The Balaban J connectivity index is 1.56. The fourth-order valence-electron chi connectivity index (χ4n) is 3.24. The molecule has 1 N–H and O–H groups in total. The molecule has 1 aromatic rings. The first kappa shape index (κ1) is 15.9. The minimum atomic E-state index is -0.298. The summed E-state index contributed by atoms with van der Waals surface area (Å²) < 4.78 is 13.2. The first-order chi connectivity index (χ1) is 11.1. The molecule has 2 heterocycles. The van der Waals surface area contributed by atoms with Gasteiger partial charge < -0.3 is 15.1 Å². The summed E-state index contributed by atoms with van der Waals surface area (Å²) in [6, 6.07) is 6.28. The summed E-state index contributed by atoms with van der Waals surface area (Å²) in [5.74, 6) is -0.298. The highest BCUT2D eigenvalue weighted by Crippen LogP contribution is 2.16. The fourth-order valence-corrected chi connectivity index (χ4v) is 3.24. The van der Waals surface area contributed by atoms with E-state index in [-0.39, 0.29) is 30.1 Å². The minimum Gasteiger partial charge on any atom is -0.335 e. The Hall–Kier alpha value is -1.95. The van der Waals surface area contributed by atoms with E-state index in [0.717, 1.165) is 24.9 Å². The number of piperazine rings is 1. The summed E-state index contributed by atoms with van der Waals surface area (Å²) in [5, 5.41) is 3.23. The van der Waals surface area contributed by atoms with Crippen molar-refractivity contribution >= 4 is 11.8 Å². The monoisotopic (exact) mass is 319 g/mol. The van der Waals surface area contributed by atoms with Crippen molar-refractivity contribution in [2.45, 2.75) is 19.4 Å². The molecule has 23 heavy (non-hydrogen) atoms. The van der Waals surface area contributed by atoms with Gasteiger partial charge in [-0.2, -0.15) is 0 Å². The lowest BCUT2D eigenvalue weighted by molar-refractivity contribution is -0.148. The van der Waals surface area contributed by atoms with E-state index < -0.39 is 0 Å². The molecule has 2 saturated heterocycles. The van der Waals surface area contributed by atoms with Gasteiger partial charge in [-0.05, 0) is 37.1 Å². The Bertz CT molecular complexity index is 587. The molecule has 0 bridgehead atoms. The lowest BCUT2D eigenvalue weighted by atomic mass is 9.98. The van der Waals surface area contributed by atoms with Gasteiger partial charge in [-0.25, -0.2) is 4.39 Å². The molecule has 2 aliphatic rings. The highest BCUT2D eigenvalue weighted by Gasteiger charge is 2.31. The SMILES string of the molecule is O=C1CN(C(=O)C2CCCNC2)CCN1Cc1cccc(F)c1. The third kappa shape index (κ3) is 3.88. The van der Waals surface area contributed by atoms with E-state index in [0.29, 0.717) is 26.2 Å². The van der Waals surface area contributed by atoms with Gasteiger partial charge in [0.05, 0.1) is 12.5 Å². The van der Waals surface area contributed by atoms with E-state index in [2.05, 4.69) is 5.32 Å². The van der Waals surface area contributed by atoms with Crippen molar-refractivity contribution in [2.75, 3.05) is 32.7 Å². The van der Waals surface area contributed by atoms with Crippen LogP contribution in [0.15, 0.2) is 24.3 Å². The zero-order valence-electron chi connectivity index (χ0n) is 13.1. The quantitative estimate of drug-likeness (QED) is 0.904. The van der Waals surface area contributed by atoms with Crippen LogP contribution in [0.4, 0.5) is 4.39 Å². The molecule has 0 radical (unpaired) electrons. The minimum absolute atomic E-state index is 0.00804. The zero-order chi connectivity index (χ0) is 16.2. The average Bonchev–Trinajstić information content (AvgIpc) is 2.57. The number of amides is 2. The highest BCUT2D eigenvalue weighted by atomic mass is 19.1. The Morgan fingerprint density at radius 1 is 1.35 bits per heavy atom.